The molecular weight excluding hydrogens is 218 g/mol. The molecule has 0 fully saturated rings. The Morgan fingerprint density at radius 2 is 1.81 bits per heavy atom. The average Bonchev–Trinajstić information content (AvgIpc) is 2.14. The molecule has 4 heteroatoms. The second-order valence-electron chi connectivity index (χ2n) is 5.14. The predicted molar refractivity (Wildman–Crippen MR) is 69.6 cm³/mol. The quantitative estimate of drug-likeness (QED) is 0.647. The van der Waals surface area contributed by atoms with Crippen molar-refractivity contribution in [3.8, 4) is 0 Å². The Bertz CT molecular complexity index is 314. The summed E-state index contributed by atoms with van der Waals surface area (Å²) < 4.78 is 0. The minimum Gasteiger partial charge on any atom is -0.308 e. The lowest BCUT2D eigenvalue weighted by atomic mass is 10.1. The fourth-order valence-corrected chi connectivity index (χ4v) is 1.72. The maximum Gasteiger partial charge on any atom is 0.187 e. The Kier molecular flexibility index (Phi) is 4.74. The first-order chi connectivity index (χ1) is 7.37. The largest absolute Gasteiger partial charge is 0.308 e. The van der Waals surface area contributed by atoms with Crippen LogP contribution in [0.1, 0.15) is 40.2 Å². The van der Waals surface area contributed by atoms with Crippen molar-refractivity contribution in [3.05, 3.63) is 18.0 Å². The molecule has 0 amide bonds. The van der Waals surface area contributed by atoms with Crippen LogP contribution in [0.3, 0.4) is 0 Å². The molecule has 1 N–H and O–H groups in total. The SMILES string of the molecule is CC(C)Sc1ncc(CNC(C)(C)C)cn1. The lowest BCUT2D eigenvalue weighted by Crippen LogP contribution is -2.35. The highest BCUT2D eigenvalue weighted by atomic mass is 32.2. The van der Waals surface area contributed by atoms with Crippen molar-refractivity contribution in [2.75, 3.05) is 0 Å². The van der Waals surface area contributed by atoms with Gasteiger partial charge < -0.3 is 5.32 Å². The van der Waals surface area contributed by atoms with Gasteiger partial charge in [0.25, 0.3) is 0 Å². The second-order valence-corrected chi connectivity index (χ2v) is 6.69. The van der Waals surface area contributed by atoms with E-state index in [1.54, 1.807) is 11.8 Å². The van der Waals surface area contributed by atoms with E-state index in [9.17, 15) is 0 Å². The summed E-state index contributed by atoms with van der Waals surface area (Å²) in [5.41, 5.74) is 1.26. The molecule has 1 rings (SSSR count). The van der Waals surface area contributed by atoms with E-state index in [0.29, 0.717) is 5.25 Å². The summed E-state index contributed by atoms with van der Waals surface area (Å²) in [5, 5.41) is 4.79. The zero-order valence-electron chi connectivity index (χ0n) is 10.7. The molecule has 0 radical (unpaired) electrons. The van der Waals surface area contributed by atoms with Crippen molar-refractivity contribution in [1.82, 2.24) is 15.3 Å². The summed E-state index contributed by atoms with van der Waals surface area (Å²) in [7, 11) is 0. The minimum absolute atomic E-state index is 0.130. The summed E-state index contributed by atoms with van der Waals surface area (Å²) in [6.07, 6.45) is 3.80. The first kappa shape index (κ1) is 13.5. The lowest BCUT2D eigenvalue weighted by Gasteiger charge is -2.20. The van der Waals surface area contributed by atoms with E-state index in [2.05, 4.69) is 49.9 Å². The highest BCUT2D eigenvalue weighted by molar-refractivity contribution is 7.99. The second kappa shape index (κ2) is 5.64. The van der Waals surface area contributed by atoms with Crippen LogP contribution in [0.2, 0.25) is 0 Å². The normalized spacial score (nSPS) is 12.1. The molecule has 1 aromatic rings. The third-order valence-electron chi connectivity index (χ3n) is 1.85. The van der Waals surface area contributed by atoms with Crippen molar-refractivity contribution < 1.29 is 0 Å². The number of thioether (sulfide) groups is 1. The van der Waals surface area contributed by atoms with Gasteiger partial charge in [-0.15, -0.1) is 0 Å². The van der Waals surface area contributed by atoms with Crippen molar-refractivity contribution in [2.24, 2.45) is 0 Å². The Morgan fingerprint density at radius 1 is 1.25 bits per heavy atom. The van der Waals surface area contributed by atoms with E-state index in [-0.39, 0.29) is 5.54 Å². The van der Waals surface area contributed by atoms with Gasteiger partial charge in [-0.3, -0.25) is 0 Å². The van der Waals surface area contributed by atoms with Gasteiger partial charge in [-0.2, -0.15) is 0 Å². The third-order valence-corrected chi connectivity index (χ3v) is 2.74. The van der Waals surface area contributed by atoms with Gasteiger partial charge in [-0.1, -0.05) is 25.6 Å². The summed E-state index contributed by atoms with van der Waals surface area (Å²) in [5.74, 6) is 0. The van der Waals surface area contributed by atoms with E-state index < -0.39 is 0 Å². The fraction of sp³-hybridized carbons (Fsp3) is 0.667. The van der Waals surface area contributed by atoms with Gasteiger partial charge in [0, 0.05) is 35.3 Å². The van der Waals surface area contributed by atoms with Crippen LogP contribution in [0.4, 0.5) is 0 Å². The molecule has 0 saturated heterocycles. The van der Waals surface area contributed by atoms with Crippen LogP contribution in [0, 0.1) is 0 Å². The van der Waals surface area contributed by atoms with Gasteiger partial charge in [0.05, 0.1) is 0 Å². The summed E-state index contributed by atoms with van der Waals surface area (Å²) >= 11 is 1.69. The van der Waals surface area contributed by atoms with Crippen molar-refractivity contribution in [2.45, 2.75) is 57.1 Å². The molecule has 90 valence electrons. The number of hydrogen-bond acceptors (Lipinski definition) is 4. The standard InChI is InChI=1S/C12H21N3S/c1-9(2)16-11-13-6-10(7-14-11)8-15-12(3,4)5/h6-7,9,15H,8H2,1-5H3. The summed E-state index contributed by atoms with van der Waals surface area (Å²) in [6.45, 7) is 11.5. The maximum atomic E-state index is 4.33. The highest BCUT2D eigenvalue weighted by Crippen LogP contribution is 2.17. The van der Waals surface area contributed by atoms with Crippen LogP contribution in [0.25, 0.3) is 0 Å². The van der Waals surface area contributed by atoms with Crippen LogP contribution in [-0.2, 0) is 6.54 Å². The van der Waals surface area contributed by atoms with Crippen LogP contribution >= 0.6 is 11.8 Å². The molecule has 0 aliphatic heterocycles. The first-order valence-electron chi connectivity index (χ1n) is 5.59. The molecule has 0 atom stereocenters. The third kappa shape index (κ3) is 5.47. The monoisotopic (exact) mass is 239 g/mol. The Morgan fingerprint density at radius 3 is 2.25 bits per heavy atom. The molecule has 0 aromatic carbocycles. The molecule has 0 aliphatic rings. The van der Waals surface area contributed by atoms with Crippen molar-refractivity contribution in [3.63, 3.8) is 0 Å². The van der Waals surface area contributed by atoms with E-state index in [0.717, 1.165) is 17.3 Å². The number of nitrogens with one attached hydrogen (secondary N) is 1. The zero-order chi connectivity index (χ0) is 12.2. The maximum absolute atomic E-state index is 4.33. The number of aromatic nitrogens is 2. The van der Waals surface area contributed by atoms with E-state index >= 15 is 0 Å². The van der Waals surface area contributed by atoms with E-state index in [1.165, 1.54) is 0 Å². The van der Waals surface area contributed by atoms with Crippen LogP contribution in [-0.4, -0.2) is 20.8 Å². The molecule has 1 heterocycles. The van der Waals surface area contributed by atoms with Crippen LogP contribution in [0.5, 0.6) is 0 Å². The lowest BCUT2D eigenvalue weighted by molar-refractivity contribution is 0.423. The molecule has 0 saturated carbocycles. The van der Waals surface area contributed by atoms with Crippen LogP contribution in [0.15, 0.2) is 17.6 Å². The predicted octanol–water partition coefficient (Wildman–Crippen LogP) is 2.87. The Hall–Kier alpha value is -0.610. The number of rotatable bonds is 4. The van der Waals surface area contributed by atoms with Crippen molar-refractivity contribution in [1.29, 1.82) is 0 Å². The van der Waals surface area contributed by atoms with Gasteiger partial charge in [-0.05, 0) is 20.8 Å². The van der Waals surface area contributed by atoms with Crippen molar-refractivity contribution >= 4 is 11.8 Å². The van der Waals surface area contributed by atoms with Gasteiger partial charge in [0.15, 0.2) is 5.16 Å². The molecule has 16 heavy (non-hydrogen) atoms. The minimum atomic E-state index is 0.130. The Balaban J connectivity index is 2.51. The van der Waals surface area contributed by atoms with Gasteiger partial charge in [0.2, 0.25) is 0 Å². The van der Waals surface area contributed by atoms with Crippen LogP contribution < -0.4 is 5.32 Å². The summed E-state index contributed by atoms with van der Waals surface area (Å²) in [6, 6.07) is 0. The topological polar surface area (TPSA) is 37.8 Å². The number of nitrogens with zero attached hydrogens (tertiary/aromatic N) is 2. The summed E-state index contributed by atoms with van der Waals surface area (Å²) in [4.78, 5) is 8.66. The number of hydrogen-bond donors (Lipinski definition) is 1. The highest BCUT2D eigenvalue weighted by Gasteiger charge is 2.08. The smallest absolute Gasteiger partial charge is 0.187 e. The molecular formula is C12H21N3S. The zero-order valence-corrected chi connectivity index (χ0v) is 11.6. The fourth-order valence-electron chi connectivity index (χ4n) is 1.07. The van der Waals surface area contributed by atoms with Gasteiger partial charge in [0.1, 0.15) is 0 Å². The van der Waals surface area contributed by atoms with E-state index in [4.69, 9.17) is 0 Å². The average molecular weight is 239 g/mol. The molecule has 0 unspecified atom stereocenters. The van der Waals surface area contributed by atoms with E-state index in [1.807, 2.05) is 12.4 Å². The molecule has 0 bridgehead atoms. The van der Waals surface area contributed by atoms with Gasteiger partial charge in [-0.25, -0.2) is 9.97 Å². The Labute approximate surface area is 102 Å². The van der Waals surface area contributed by atoms with Gasteiger partial charge >= 0.3 is 0 Å². The molecule has 1 aromatic heterocycles. The first-order valence-corrected chi connectivity index (χ1v) is 6.47. The molecule has 0 spiro atoms. The molecule has 3 nitrogen and oxygen atoms in total. The molecule has 0 aliphatic carbocycles.